The second-order valence-corrected chi connectivity index (χ2v) is 8.63. The normalized spacial score (nSPS) is 12.0. The van der Waals surface area contributed by atoms with Crippen molar-refractivity contribution < 1.29 is 22.8 Å². The number of carboxylic acids is 1. The number of aromatic nitrogens is 1. The van der Waals surface area contributed by atoms with Crippen LogP contribution in [0.15, 0.2) is 25.3 Å². The molecule has 0 atom stereocenters. The summed E-state index contributed by atoms with van der Waals surface area (Å²) >= 11 is 3.95. The Morgan fingerprint density at radius 1 is 1.52 bits per heavy atom. The molecule has 114 valence electrons. The topological polar surface area (TPSA) is 101 Å². The molecule has 2 rings (SSSR count). The van der Waals surface area contributed by atoms with E-state index in [2.05, 4.69) is 21.1 Å². The Labute approximate surface area is 133 Å². The molecule has 0 unspecified atom stereocenters. The molecule has 0 aliphatic carbocycles. The lowest BCUT2D eigenvalue weighted by molar-refractivity contribution is 0.0702. The Hall–Kier alpha value is -1.23. The third-order valence-corrected chi connectivity index (χ3v) is 6.66. The van der Waals surface area contributed by atoms with Crippen molar-refractivity contribution in [2.45, 2.75) is 18.4 Å². The lowest BCUT2D eigenvalue weighted by Gasteiger charge is -2.14. The minimum absolute atomic E-state index is 0.0321. The van der Waals surface area contributed by atoms with E-state index < -0.39 is 16.0 Å². The van der Waals surface area contributed by atoms with Gasteiger partial charge in [0.2, 0.25) is 10.0 Å². The molecule has 10 heteroatoms. The monoisotopic (exact) mass is 394 g/mol. The molecule has 7 nitrogen and oxygen atoms in total. The van der Waals surface area contributed by atoms with E-state index in [4.69, 9.17) is 9.63 Å². The van der Waals surface area contributed by atoms with E-state index in [9.17, 15) is 13.2 Å². The average molecular weight is 395 g/mol. The number of aromatic carboxylic acids is 1. The second kappa shape index (κ2) is 5.87. The molecule has 0 radical (unpaired) electrons. The highest BCUT2D eigenvalue weighted by Gasteiger charge is 2.27. The summed E-state index contributed by atoms with van der Waals surface area (Å²) in [6.07, 6.45) is 0. The fourth-order valence-corrected chi connectivity index (χ4v) is 5.10. The first kappa shape index (κ1) is 16.1. The van der Waals surface area contributed by atoms with Gasteiger partial charge in [-0.05, 0) is 28.9 Å². The zero-order valence-corrected chi connectivity index (χ0v) is 14.2. The Morgan fingerprint density at radius 3 is 2.67 bits per heavy atom. The Balaban J connectivity index is 2.30. The maximum Gasteiger partial charge on any atom is 0.345 e. The molecule has 2 heterocycles. The number of nitrogens with zero attached hydrogens (tertiary/aromatic N) is 2. The Kier molecular flexibility index (Phi) is 4.51. The maximum absolute atomic E-state index is 12.5. The molecular weight excluding hydrogens is 384 g/mol. The van der Waals surface area contributed by atoms with Gasteiger partial charge in [0.15, 0.2) is 0 Å². The molecule has 1 N–H and O–H groups in total. The van der Waals surface area contributed by atoms with Crippen LogP contribution in [-0.4, -0.2) is 36.0 Å². The van der Waals surface area contributed by atoms with Crippen molar-refractivity contribution in [3.63, 3.8) is 0 Å². The van der Waals surface area contributed by atoms with Crippen LogP contribution in [0.1, 0.15) is 21.1 Å². The fourth-order valence-electron chi connectivity index (χ4n) is 1.61. The Morgan fingerprint density at radius 2 is 2.19 bits per heavy atom. The van der Waals surface area contributed by atoms with Gasteiger partial charge in [-0.1, -0.05) is 5.16 Å². The molecule has 0 aliphatic heterocycles. The van der Waals surface area contributed by atoms with Gasteiger partial charge in [-0.2, -0.15) is 4.31 Å². The third kappa shape index (κ3) is 3.34. The van der Waals surface area contributed by atoms with Gasteiger partial charge >= 0.3 is 5.97 Å². The van der Waals surface area contributed by atoms with Crippen molar-refractivity contribution in [3.8, 4) is 0 Å². The quantitative estimate of drug-likeness (QED) is 0.834. The minimum Gasteiger partial charge on any atom is -0.477 e. The molecule has 0 bridgehead atoms. The van der Waals surface area contributed by atoms with Crippen LogP contribution in [0.4, 0.5) is 0 Å². The summed E-state index contributed by atoms with van der Waals surface area (Å²) in [5, 5.41) is 12.7. The molecule has 21 heavy (non-hydrogen) atoms. The van der Waals surface area contributed by atoms with Crippen molar-refractivity contribution in [1.29, 1.82) is 0 Å². The predicted molar refractivity (Wildman–Crippen MR) is 78.9 cm³/mol. The van der Waals surface area contributed by atoms with Gasteiger partial charge in [0.1, 0.15) is 15.5 Å². The predicted octanol–water partition coefficient (Wildman–Crippen LogP) is 2.33. The van der Waals surface area contributed by atoms with Gasteiger partial charge in [-0.25, -0.2) is 13.2 Å². The third-order valence-electron chi connectivity index (χ3n) is 2.62. The number of aryl methyl sites for hydroxylation is 1. The van der Waals surface area contributed by atoms with Crippen LogP contribution in [0, 0.1) is 6.92 Å². The van der Waals surface area contributed by atoms with Crippen LogP contribution in [0.25, 0.3) is 0 Å². The zero-order chi connectivity index (χ0) is 15.8. The molecule has 0 amide bonds. The van der Waals surface area contributed by atoms with Crippen LogP contribution in [0.2, 0.25) is 0 Å². The first-order valence-corrected chi connectivity index (χ1v) is 8.68. The highest BCUT2D eigenvalue weighted by Crippen LogP contribution is 2.33. The largest absolute Gasteiger partial charge is 0.477 e. The van der Waals surface area contributed by atoms with E-state index in [0.29, 0.717) is 11.5 Å². The van der Waals surface area contributed by atoms with E-state index in [-0.39, 0.29) is 20.1 Å². The summed E-state index contributed by atoms with van der Waals surface area (Å²) in [6, 6.07) is 2.77. The summed E-state index contributed by atoms with van der Waals surface area (Å²) in [4.78, 5) is 10.8. The SMILES string of the molecule is Cc1cc(CN(C)S(=O)(=O)c2cc(C(=O)O)sc2Br)no1. The molecule has 2 aromatic heterocycles. The number of rotatable bonds is 5. The molecule has 0 aliphatic rings. The number of sulfonamides is 1. The Bertz CT molecular complexity index is 780. The number of thiophene rings is 1. The minimum atomic E-state index is -3.82. The molecular formula is C11H11BrN2O5S2. The molecule has 0 spiro atoms. The highest BCUT2D eigenvalue weighted by molar-refractivity contribution is 9.11. The lowest BCUT2D eigenvalue weighted by Crippen LogP contribution is -2.26. The van der Waals surface area contributed by atoms with Crippen molar-refractivity contribution >= 4 is 43.3 Å². The number of hydrogen-bond donors (Lipinski definition) is 1. The first-order chi connectivity index (χ1) is 9.71. The standard InChI is InChI=1S/C11H11BrN2O5S2/c1-6-3-7(13-19-6)5-14(2)21(17,18)9-4-8(11(15)16)20-10(9)12/h3-4H,5H2,1-2H3,(H,15,16). The van der Waals surface area contributed by atoms with E-state index in [1.165, 1.54) is 7.05 Å². The summed E-state index contributed by atoms with van der Waals surface area (Å²) in [7, 11) is -2.43. The van der Waals surface area contributed by atoms with Crippen LogP contribution in [-0.2, 0) is 16.6 Å². The first-order valence-electron chi connectivity index (χ1n) is 5.63. The van der Waals surface area contributed by atoms with Gasteiger partial charge in [-0.3, -0.25) is 0 Å². The molecule has 0 saturated heterocycles. The molecule has 0 saturated carbocycles. The maximum atomic E-state index is 12.5. The van der Waals surface area contributed by atoms with E-state index in [1.807, 2.05) is 0 Å². The average Bonchev–Trinajstić information content (AvgIpc) is 2.96. The van der Waals surface area contributed by atoms with Crippen LogP contribution >= 0.6 is 27.3 Å². The lowest BCUT2D eigenvalue weighted by atomic mass is 10.4. The number of carboxylic acid groups (broad SMARTS) is 1. The van der Waals surface area contributed by atoms with Crippen LogP contribution in [0.5, 0.6) is 0 Å². The van der Waals surface area contributed by atoms with E-state index >= 15 is 0 Å². The van der Waals surface area contributed by atoms with E-state index in [1.54, 1.807) is 13.0 Å². The molecule has 0 aromatic carbocycles. The second-order valence-electron chi connectivity index (χ2n) is 4.24. The highest BCUT2D eigenvalue weighted by atomic mass is 79.9. The van der Waals surface area contributed by atoms with Gasteiger partial charge in [-0.15, -0.1) is 11.3 Å². The van der Waals surface area contributed by atoms with Crippen molar-refractivity contribution in [2.24, 2.45) is 0 Å². The zero-order valence-electron chi connectivity index (χ0n) is 11.0. The number of hydrogen-bond acceptors (Lipinski definition) is 6. The smallest absolute Gasteiger partial charge is 0.345 e. The van der Waals surface area contributed by atoms with Gasteiger partial charge in [0.05, 0.1) is 16.0 Å². The van der Waals surface area contributed by atoms with Crippen LogP contribution < -0.4 is 0 Å². The van der Waals surface area contributed by atoms with Gasteiger partial charge in [0.25, 0.3) is 0 Å². The summed E-state index contributed by atoms with van der Waals surface area (Å²) < 4.78 is 31.1. The van der Waals surface area contributed by atoms with Crippen molar-refractivity contribution in [2.75, 3.05) is 7.05 Å². The van der Waals surface area contributed by atoms with Crippen molar-refractivity contribution in [3.05, 3.63) is 32.3 Å². The summed E-state index contributed by atoms with van der Waals surface area (Å²) in [5.74, 6) is -0.586. The molecule has 2 aromatic rings. The summed E-state index contributed by atoms with van der Waals surface area (Å²) in [5.41, 5.74) is 0.475. The fraction of sp³-hybridized carbons (Fsp3) is 0.273. The van der Waals surface area contributed by atoms with Crippen LogP contribution in [0.3, 0.4) is 0 Å². The van der Waals surface area contributed by atoms with Crippen molar-refractivity contribution in [1.82, 2.24) is 9.46 Å². The van der Waals surface area contributed by atoms with E-state index in [0.717, 1.165) is 21.7 Å². The summed E-state index contributed by atoms with van der Waals surface area (Å²) in [6.45, 7) is 1.74. The number of carbonyl (C=O) groups is 1. The van der Waals surface area contributed by atoms with Gasteiger partial charge in [0, 0.05) is 13.1 Å². The molecule has 0 fully saturated rings. The number of halogens is 1. The van der Waals surface area contributed by atoms with Gasteiger partial charge < -0.3 is 9.63 Å².